The summed E-state index contributed by atoms with van der Waals surface area (Å²) in [7, 11) is 0. The van der Waals surface area contributed by atoms with Gasteiger partial charge in [0.1, 0.15) is 0 Å². The van der Waals surface area contributed by atoms with E-state index < -0.39 is 0 Å². The van der Waals surface area contributed by atoms with E-state index >= 15 is 0 Å². The van der Waals surface area contributed by atoms with E-state index in [1.807, 2.05) is 12.1 Å². The third-order valence-corrected chi connectivity index (χ3v) is 4.78. The first-order valence-corrected chi connectivity index (χ1v) is 8.55. The Morgan fingerprint density at radius 3 is 2.48 bits per heavy atom. The molecule has 0 aliphatic carbocycles. The second kappa shape index (κ2) is 7.62. The Bertz CT molecular complexity index is 611. The molecule has 0 saturated carbocycles. The summed E-state index contributed by atoms with van der Waals surface area (Å²) in [6.45, 7) is 7.80. The highest BCUT2D eigenvalue weighted by atomic mass is 15.2. The number of hydrogen-bond donors (Lipinski definition) is 1. The monoisotopic (exact) mass is 309 g/mol. The minimum Gasteiger partial charge on any atom is -0.399 e. The van der Waals surface area contributed by atoms with Crippen molar-refractivity contribution in [2.45, 2.75) is 32.5 Å². The van der Waals surface area contributed by atoms with Gasteiger partial charge in [-0.05, 0) is 36.6 Å². The van der Waals surface area contributed by atoms with Gasteiger partial charge in [-0.25, -0.2) is 0 Å². The van der Waals surface area contributed by atoms with E-state index in [2.05, 4.69) is 59.2 Å². The van der Waals surface area contributed by atoms with Gasteiger partial charge >= 0.3 is 0 Å². The summed E-state index contributed by atoms with van der Waals surface area (Å²) in [4.78, 5) is 5.16. The Balaban J connectivity index is 1.59. The van der Waals surface area contributed by atoms with Gasteiger partial charge in [0.05, 0.1) is 0 Å². The summed E-state index contributed by atoms with van der Waals surface area (Å²) >= 11 is 0. The molecule has 0 bridgehead atoms. The standard InChI is InChI=1S/C20H27N3/c1-17-10-11-22(15-19-8-5-9-20(21)14-19)12-13-23(17)16-18-6-3-2-4-7-18/h2-9,14,17H,10-13,15-16,21H2,1H3. The molecule has 1 saturated heterocycles. The minimum atomic E-state index is 0.626. The van der Waals surface area contributed by atoms with Crippen molar-refractivity contribution in [2.75, 3.05) is 25.4 Å². The molecule has 2 aromatic rings. The topological polar surface area (TPSA) is 32.5 Å². The molecular formula is C20H27N3. The third kappa shape index (κ3) is 4.57. The summed E-state index contributed by atoms with van der Waals surface area (Å²) in [5.41, 5.74) is 9.48. The maximum absolute atomic E-state index is 5.90. The number of hydrogen-bond acceptors (Lipinski definition) is 3. The molecule has 1 aliphatic rings. The van der Waals surface area contributed by atoms with Crippen molar-refractivity contribution in [1.29, 1.82) is 0 Å². The van der Waals surface area contributed by atoms with Crippen LogP contribution in [-0.2, 0) is 13.1 Å². The lowest BCUT2D eigenvalue weighted by Gasteiger charge is -2.26. The van der Waals surface area contributed by atoms with Crippen LogP contribution in [-0.4, -0.2) is 35.5 Å². The fourth-order valence-electron chi connectivity index (χ4n) is 3.31. The molecule has 1 aliphatic heterocycles. The Morgan fingerprint density at radius 2 is 1.70 bits per heavy atom. The number of nitrogens with zero attached hydrogens (tertiary/aromatic N) is 2. The molecule has 3 heteroatoms. The predicted octanol–water partition coefficient (Wildman–Crippen LogP) is 3.37. The van der Waals surface area contributed by atoms with E-state index in [-0.39, 0.29) is 0 Å². The van der Waals surface area contributed by atoms with Gasteiger partial charge in [0, 0.05) is 44.5 Å². The lowest BCUT2D eigenvalue weighted by Crippen LogP contribution is -2.34. The van der Waals surface area contributed by atoms with Crippen molar-refractivity contribution in [3.8, 4) is 0 Å². The molecule has 122 valence electrons. The van der Waals surface area contributed by atoms with Crippen LogP contribution in [0.1, 0.15) is 24.5 Å². The molecule has 1 heterocycles. The van der Waals surface area contributed by atoms with Crippen LogP contribution in [0.4, 0.5) is 5.69 Å². The number of nitrogens with two attached hydrogens (primary N) is 1. The summed E-state index contributed by atoms with van der Waals surface area (Å²) in [5, 5.41) is 0. The average molecular weight is 309 g/mol. The van der Waals surface area contributed by atoms with Crippen molar-refractivity contribution in [3.63, 3.8) is 0 Å². The van der Waals surface area contributed by atoms with Crippen molar-refractivity contribution in [2.24, 2.45) is 0 Å². The van der Waals surface area contributed by atoms with E-state index in [9.17, 15) is 0 Å². The van der Waals surface area contributed by atoms with Crippen LogP contribution in [0.5, 0.6) is 0 Å². The van der Waals surface area contributed by atoms with Gasteiger partial charge in [0.25, 0.3) is 0 Å². The van der Waals surface area contributed by atoms with E-state index in [1.165, 1.54) is 17.5 Å². The fourth-order valence-corrected chi connectivity index (χ4v) is 3.31. The molecule has 23 heavy (non-hydrogen) atoms. The molecule has 0 spiro atoms. The predicted molar refractivity (Wildman–Crippen MR) is 97.1 cm³/mol. The first-order chi connectivity index (χ1) is 11.2. The van der Waals surface area contributed by atoms with Crippen molar-refractivity contribution >= 4 is 5.69 Å². The zero-order valence-corrected chi connectivity index (χ0v) is 14.0. The van der Waals surface area contributed by atoms with Crippen LogP contribution in [0.25, 0.3) is 0 Å². The summed E-state index contributed by atoms with van der Waals surface area (Å²) in [5.74, 6) is 0. The van der Waals surface area contributed by atoms with Crippen LogP contribution >= 0.6 is 0 Å². The first kappa shape index (κ1) is 16.0. The van der Waals surface area contributed by atoms with Crippen LogP contribution in [0.15, 0.2) is 54.6 Å². The minimum absolute atomic E-state index is 0.626. The molecular weight excluding hydrogens is 282 g/mol. The molecule has 0 amide bonds. The normalized spacial score (nSPS) is 20.3. The Morgan fingerprint density at radius 1 is 0.913 bits per heavy atom. The second-order valence-corrected chi connectivity index (χ2v) is 6.61. The van der Waals surface area contributed by atoms with Gasteiger partial charge in [-0.3, -0.25) is 9.80 Å². The number of benzene rings is 2. The molecule has 2 N–H and O–H groups in total. The Kier molecular flexibility index (Phi) is 5.31. The first-order valence-electron chi connectivity index (χ1n) is 8.55. The number of rotatable bonds is 4. The van der Waals surface area contributed by atoms with Gasteiger partial charge < -0.3 is 5.73 Å². The molecule has 3 nitrogen and oxygen atoms in total. The molecule has 3 rings (SSSR count). The van der Waals surface area contributed by atoms with Gasteiger partial charge in [-0.2, -0.15) is 0 Å². The van der Waals surface area contributed by atoms with Crippen molar-refractivity contribution in [1.82, 2.24) is 9.80 Å². The fraction of sp³-hybridized carbons (Fsp3) is 0.400. The molecule has 0 radical (unpaired) electrons. The number of anilines is 1. The van der Waals surface area contributed by atoms with E-state index in [4.69, 9.17) is 5.73 Å². The molecule has 2 aromatic carbocycles. The largest absolute Gasteiger partial charge is 0.399 e. The SMILES string of the molecule is CC1CCN(Cc2cccc(N)c2)CCN1Cc1ccccc1. The van der Waals surface area contributed by atoms with Gasteiger partial charge in [0.15, 0.2) is 0 Å². The van der Waals surface area contributed by atoms with E-state index in [1.54, 1.807) is 0 Å². The average Bonchev–Trinajstić information content (AvgIpc) is 2.72. The zero-order chi connectivity index (χ0) is 16.1. The van der Waals surface area contributed by atoms with Crippen LogP contribution < -0.4 is 5.73 Å². The van der Waals surface area contributed by atoms with Crippen LogP contribution in [0, 0.1) is 0 Å². The number of nitrogen functional groups attached to an aromatic ring is 1. The maximum atomic E-state index is 5.90. The van der Waals surface area contributed by atoms with Gasteiger partial charge in [-0.15, -0.1) is 0 Å². The van der Waals surface area contributed by atoms with Crippen molar-refractivity contribution in [3.05, 3.63) is 65.7 Å². The third-order valence-electron chi connectivity index (χ3n) is 4.78. The van der Waals surface area contributed by atoms with Crippen LogP contribution in [0.3, 0.4) is 0 Å². The maximum Gasteiger partial charge on any atom is 0.0317 e. The second-order valence-electron chi connectivity index (χ2n) is 6.61. The highest BCUT2D eigenvalue weighted by Crippen LogP contribution is 2.17. The van der Waals surface area contributed by atoms with E-state index in [0.29, 0.717) is 6.04 Å². The Hall–Kier alpha value is -1.84. The molecule has 1 fully saturated rings. The van der Waals surface area contributed by atoms with Gasteiger partial charge in [0.2, 0.25) is 0 Å². The summed E-state index contributed by atoms with van der Waals surface area (Å²) in [6, 6.07) is 19.7. The lowest BCUT2D eigenvalue weighted by atomic mass is 10.1. The van der Waals surface area contributed by atoms with Gasteiger partial charge in [-0.1, -0.05) is 42.5 Å². The smallest absolute Gasteiger partial charge is 0.0317 e. The summed E-state index contributed by atoms with van der Waals surface area (Å²) in [6.07, 6.45) is 1.22. The van der Waals surface area contributed by atoms with Crippen LogP contribution in [0.2, 0.25) is 0 Å². The Labute approximate surface area is 139 Å². The molecule has 0 aromatic heterocycles. The van der Waals surface area contributed by atoms with Crippen molar-refractivity contribution < 1.29 is 0 Å². The summed E-state index contributed by atoms with van der Waals surface area (Å²) < 4.78 is 0. The highest BCUT2D eigenvalue weighted by Gasteiger charge is 2.20. The lowest BCUT2D eigenvalue weighted by molar-refractivity contribution is 0.205. The zero-order valence-electron chi connectivity index (χ0n) is 14.0. The van der Waals surface area contributed by atoms with E-state index in [0.717, 1.165) is 38.4 Å². The molecule has 1 unspecified atom stereocenters. The highest BCUT2D eigenvalue weighted by molar-refractivity contribution is 5.40. The quantitative estimate of drug-likeness (QED) is 0.879. The molecule has 1 atom stereocenters.